The maximum absolute atomic E-state index is 14.0. The second kappa shape index (κ2) is 13.6. The minimum atomic E-state index is -0.540. The highest BCUT2D eigenvalue weighted by Crippen LogP contribution is 2.36. The van der Waals surface area contributed by atoms with Crippen LogP contribution >= 0.6 is 0 Å². The Kier molecular flexibility index (Phi) is 9.04. The van der Waals surface area contributed by atoms with E-state index in [1.165, 1.54) is 7.11 Å². The lowest BCUT2D eigenvalue weighted by molar-refractivity contribution is -0.137. The first kappa shape index (κ1) is 27.9. The van der Waals surface area contributed by atoms with Gasteiger partial charge in [0.15, 0.2) is 0 Å². The zero-order chi connectivity index (χ0) is 29.1. The third kappa shape index (κ3) is 6.22. The Morgan fingerprint density at radius 2 is 0.952 bits per heavy atom. The number of benzene rings is 5. The van der Waals surface area contributed by atoms with Gasteiger partial charge in [-0.3, -0.25) is 0 Å². The third-order valence-corrected chi connectivity index (χ3v) is 6.93. The molecule has 0 saturated heterocycles. The van der Waals surface area contributed by atoms with Crippen LogP contribution < -0.4 is 0 Å². The van der Waals surface area contributed by atoms with Crippen molar-refractivity contribution in [2.24, 2.45) is 0 Å². The highest BCUT2D eigenvalue weighted by molar-refractivity contribution is 6.02. The molecule has 0 bridgehead atoms. The summed E-state index contributed by atoms with van der Waals surface area (Å²) in [6.07, 6.45) is 0. The van der Waals surface area contributed by atoms with Crippen LogP contribution in [0.3, 0.4) is 0 Å². The fraction of sp³-hybridized carbons (Fsp3) is 0.0526. The van der Waals surface area contributed by atoms with Gasteiger partial charge in [-0.1, -0.05) is 152 Å². The van der Waals surface area contributed by atoms with Crippen LogP contribution in [0.5, 0.6) is 0 Å². The summed E-state index contributed by atoms with van der Waals surface area (Å²) in [5.41, 5.74) is 6.34. The Bertz CT molecular complexity index is 1640. The van der Waals surface area contributed by atoms with Crippen LogP contribution in [0.2, 0.25) is 0 Å². The molecule has 5 rings (SSSR count). The molecule has 0 heterocycles. The molecule has 0 saturated carbocycles. The Morgan fingerprint density at radius 3 is 1.31 bits per heavy atom. The summed E-state index contributed by atoms with van der Waals surface area (Å²) in [6, 6.07) is 51.5. The van der Waals surface area contributed by atoms with E-state index >= 15 is 0 Å². The van der Waals surface area contributed by atoms with E-state index in [9.17, 15) is 10.1 Å². The van der Waals surface area contributed by atoms with Gasteiger partial charge in [0.25, 0.3) is 0 Å². The largest absolute Gasteiger partial charge is 0.464 e. The van der Waals surface area contributed by atoms with Crippen LogP contribution in [-0.2, 0) is 16.1 Å². The number of methoxy groups -OCH3 is 1. The zero-order valence-electron chi connectivity index (χ0n) is 23.4. The molecular weight excluding hydrogens is 516 g/mol. The van der Waals surface area contributed by atoms with Crippen molar-refractivity contribution in [1.29, 1.82) is 5.26 Å². The fourth-order valence-electron chi connectivity index (χ4n) is 5.03. The van der Waals surface area contributed by atoms with Crippen molar-refractivity contribution in [3.05, 3.63) is 191 Å². The zero-order valence-corrected chi connectivity index (χ0v) is 23.4. The van der Waals surface area contributed by atoms with Crippen LogP contribution in [0.4, 0.5) is 0 Å². The topological polar surface area (TPSA) is 53.3 Å². The van der Waals surface area contributed by atoms with Gasteiger partial charge in [0.2, 0.25) is 0 Å². The molecule has 5 aromatic rings. The average Bonchev–Trinajstić information content (AvgIpc) is 3.07. The molecule has 0 radical (unpaired) electrons. The van der Waals surface area contributed by atoms with Crippen LogP contribution in [0.25, 0.3) is 11.1 Å². The lowest BCUT2D eigenvalue weighted by Gasteiger charge is -2.30. The molecule has 5 aromatic carbocycles. The average molecular weight is 547 g/mol. The predicted molar refractivity (Wildman–Crippen MR) is 167 cm³/mol. The second-order valence-electron chi connectivity index (χ2n) is 9.59. The predicted octanol–water partition coefficient (Wildman–Crippen LogP) is 8.10. The molecule has 0 N–H and O–H groups in total. The SMILES string of the molecule is COC(=O)C(=C(c1ccccc1)c1ccccc1)N(Cc1ccccc1)C(C#N)=C(c1ccccc1)c1ccccc1. The molecule has 0 spiro atoms. The van der Waals surface area contributed by atoms with Gasteiger partial charge >= 0.3 is 5.97 Å². The first-order valence-electron chi connectivity index (χ1n) is 13.7. The molecule has 0 fully saturated rings. The highest BCUT2D eigenvalue weighted by atomic mass is 16.5. The van der Waals surface area contributed by atoms with E-state index in [0.29, 0.717) is 11.3 Å². The van der Waals surface area contributed by atoms with Gasteiger partial charge in [-0.2, -0.15) is 5.26 Å². The summed E-state index contributed by atoms with van der Waals surface area (Å²) in [6.45, 7) is 0.264. The number of nitrogens with zero attached hydrogens (tertiary/aromatic N) is 2. The molecule has 0 aliphatic carbocycles. The van der Waals surface area contributed by atoms with Gasteiger partial charge in [0, 0.05) is 17.7 Å². The van der Waals surface area contributed by atoms with Crippen LogP contribution in [0.1, 0.15) is 27.8 Å². The fourth-order valence-corrected chi connectivity index (χ4v) is 5.03. The molecule has 4 heteroatoms. The van der Waals surface area contributed by atoms with Gasteiger partial charge in [0.1, 0.15) is 17.5 Å². The van der Waals surface area contributed by atoms with Crippen molar-refractivity contribution in [3.8, 4) is 6.07 Å². The summed E-state index contributed by atoms with van der Waals surface area (Å²) in [5.74, 6) is -0.540. The summed E-state index contributed by atoms with van der Waals surface area (Å²) in [7, 11) is 1.38. The van der Waals surface area contributed by atoms with Crippen molar-refractivity contribution < 1.29 is 9.53 Å². The number of allylic oxidation sites excluding steroid dienone is 1. The summed E-state index contributed by atoms with van der Waals surface area (Å²) >= 11 is 0. The molecule has 0 aliphatic heterocycles. The van der Waals surface area contributed by atoms with E-state index in [2.05, 4.69) is 6.07 Å². The monoisotopic (exact) mass is 546 g/mol. The number of hydrogen-bond donors (Lipinski definition) is 0. The lowest BCUT2D eigenvalue weighted by Crippen LogP contribution is -2.30. The third-order valence-electron chi connectivity index (χ3n) is 6.93. The molecule has 0 aromatic heterocycles. The first-order valence-corrected chi connectivity index (χ1v) is 13.7. The number of nitriles is 1. The summed E-state index contributed by atoms with van der Waals surface area (Å²) in [4.78, 5) is 15.8. The van der Waals surface area contributed by atoms with Gasteiger partial charge in [-0.25, -0.2) is 4.79 Å². The number of carbonyl (C=O) groups excluding carboxylic acids is 1. The standard InChI is InChI=1S/C38H30N2O2/c1-42-38(41)37(36(32-23-13-5-14-24-32)33-25-15-6-16-26-33)40(28-29-17-7-2-8-18-29)34(27-39)35(30-19-9-3-10-20-30)31-21-11-4-12-22-31/h2-26H,28H2,1H3. The minimum Gasteiger partial charge on any atom is -0.464 e. The molecule has 0 aliphatic rings. The van der Waals surface area contributed by atoms with Crippen molar-refractivity contribution in [1.82, 2.24) is 4.90 Å². The van der Waals surface area contributed by atoms with E-state index in [1.807, 2.05) is 157 Å². The Hall–Kier alpha value is -5.66. The first-order chi connectivity index (χ1) is 20.7. The lowest BCUT2D eigenvalue weighted by atomic mass is 9.92. The van der Waals surface area contributed by atoms with Gasteiger partial charge in [-0.15, -0.1) is 0 Å². The maximum Gasteiger partial charge on any atom is 0.355 e. The van der Waals surface area contributed by atoms with Gasteiger partial charge in [0.05, 0.1) is 7.11 Å². The highest BCUT2D eigenvalue weighted by Gasteiger charge is 2.30. The molecule has 204 valence electrons. The molecule has 0 atom stereocenters. The van der Waals surface area contributed by atoms with Crippen LogP contribution in [-0.4, -0.2) is 18.0 Å². The number of rotatable bonds is 9. The van der Waals surface area contributed by atoms with Crippen molar-refractivity contribution in [2.75, 3.05) is 7.11 Å². The smallest absolute Gasteiger partial charge is 0.355 e. The summed E-state index contributed by atoms with van der Waals surface area (Å²) in [5, 5.41) is 11.0. The van der Waals surface area contributed by atoms with Crippen LogP contribution in [0, 0.1) is 11.3 Å². The van der Waals surface area contributed by atoms with E-state index < -0.39 is 5.97 Å². The van der Waals surface area contributed by atoms with Crippen molar-refractivity contribution in [3.63, 3.8) is 0 Å². The van der Waals surface area contributed by atoms with E-state index in [-0.39, 0.29) is 12.2 Å². The normalized spacial score (nSPS) is 10.2. The Labute approximate surface area is 247 Å². The van der Waals surface area contributed by atoms with Crippen molar-refractivity contribution >= 4 is 17.1 Å². The Morgan fingerprint density at radius 1 is 0.595 bits per heavy atom. The maximum atomic E-state index is 14.0. The van der Waals surface area contributed by atoms with E-state index in [1.54, 1.807) is 0 Å². The number of hydrogen-bond acceptors (Lipinski definition) is 4. The minimum absolute atomic E-state index is 0.264. The summed E-state index contributed by atoms with van der Waals surface area (Å²) < 4.78 is 5.47. The number of ether oxygens (including phenoxy) is 1. The van der Waals surface area contributed by atoms with Crippen molar-refractivity contribution in [2.45, 2.75) is 6.54 Å². The van der Waals surface area contributed by atoms with Crippen LogP contribution in [0.15, 0.2) is 163 Å². The van der Waals surface area contributed by atoms with E-state index in [4.69, 9.17) is 4.74 Å². The quantitative estimate of drug-likeness (QED) is 0.106. The Balaban J connectivity index is 1.92. The van der Waals surface area contributed by atoms with E-state index in [0.717, 1.165) is 33.4 Å². The van der Waals surface area contributed by atoms with Gasteiger partial charge < -0.3 is 9.64 Å². The molecule has 0 unspecified atom stereocenters. The molecule has 0 amide bonds. The number of esters is 1. The number of carbonyl (C=O) groups is 1. The van der Waals surface area contributed by atoms with Gasteiger partial charge in [-0.05, 0) is 27.8 Å². The second-order valence-corrected chi connectivity index (χ2v) is 9.59. The molecular formula is C38H30N2O2. The molecule has 42 heavy (non-hydrogen) atoms. The molecule has 4 nitrogen and oxygen atoms in total.